The first kappa shape index (κ1) is 16.3. The van der Waals surface area contributed by atoms with Gasteiger partial charge in [-0.2, -0.15) is 0 Å². The van der Waals surface area contributed by atoms with E-state index in [-0.39, 0.29) is 18.3 Å². The number of esters is 1. The second-order valence-electron chi connectivity index (χ2n) is 6.76. The van der Waals surface area contributed by atoms with Gasteiger partial charge in [0.2, 0.25) is 0 Å². The summed E-state index contributed by atoms with van der Waals surface area (Å²) in [6.07, 6.45) is 9.68. The zero-order valence-corrected chi connectivity index (χ0v) is 14.4. The van der Waals surface area contributed by atoms with E-state index in [1.165, 1.54) is 32.6 Å². The third-order valence-corrected chi connectivity index (χ3v) is 4.92. The Hall–Kier alpha value is -2.22. The van der Waals surface area contributed by atoms with Crippen molar-refractivity contribution in [3.8, 4) is 0 Å². The number of nitrogens with zero attached hydrogens (tertiary/aromatic N) is 4. The average molecular weight is 345 g/mol. The molecule has 0 aromatic carbocycles. The van der Waals surface area contributed by atoms with Gasteiger partial charge in [0, 0.05) is 13.0 Å². The monoisotopic (exact) mass is 345 g/mol. The molecule has 2 fully saturated rings. The standard InChI is InChI=1S/C17H23N5O3/c1-11(23)24-8-13-6-7-14(25-13)22-10-20-15-16(18-9-19-17(15)22)21-12-4-2-3-5-12/h9-10,12-14H,2-8H2,1H3,(H,18,19,21). The first-order chi connectivity index (χ1) is 12.2. The number of anilines is 1. The number of aromatic nitrogens is 4. The number of hydrogen-bond acceptors (Lipinski definition) is 7. The molecule has 1 saturated carbocycles. The van der Waals surface area contributed by atoms with Crippen LogP contribution in [0.15, 0.2) is 12.7 Å². The fraction of sp³-hybridized carbons (Fsp3) is 0.647. The molecule has 1 N–H and O–H groups in total. The van der Waals surface area contributed by atoms with Crippen LogP contribution in [0.3, 0.4) is 0 Å². The van der Waals surface area contributed by atoms with Crippen LogP contribution in [-0.2, 0) is 14.3 Å². The molecule has 8 heteroatoms. The first-order valence-corrected chi connectivity index (χ1v) is 8.93. The van der Waals surface area contributed by atoms with E-state index in [1.807, 2.05) is 4.57 Å². The van der Waals surface area contributed by atoms with Crippen molar-refractivity contribution in [3.05, 3.63) is 12.7 Å². The van der Waals surface area contributed by atoms with Crippen molar-refractivity contribution >= 4 is 23.0 Å². The Morgan fingerprint density at radius 1 is 1.28 bits per heavy atom. The fourth-order valence-corrected chi connectivity index (χ4v) is 3.66. The van der Waals surface area contributed by atoms with E-state index >= 15 is 0 Å². The van der Waals surface area contributed by atoms with Crippen molar-refractivity contribution < 1.29 is 14.3 Å². The molecule has 0 amide bonds. The lowest BCUT2D eigenvalue weighted by molar-refractivity contribution is -0.145. The van der Waals surface area contributed by atoms with E-state index in [1.54, 1.807) is 12.7 Å². The molecule has 25 heavy (non-hydrogen) atoms. The number of hydrogen-bond donors (Lipinski definition) is 1. The second-order valence-corrected chi connectivity index (χ2v) is 6.76. The van der Waals surface area contributed by atoms with Gasteiger partial charge < -0.3 is 14.8 Å². The minimum absolute atomic E-state index is 0.0794. The Labute approximate surface area is 145 Å². The Balaban J connectivity index is 1.50. The maximum absolute atomic E-state index is 10.9. The lowest BCUT2D eigenvalue weighted by Crippen LogP contribution is -2.18. The van der Waals surface area contributed by atoms with Crippen molar-refractivity contribution in [3.63, 3.8) is 0 Å². The van der Waals surface area contributed by atoms with Gasteiger partial charge in [-0.1, -0.05) is 12.8 Å². The summed E-state index contributed by atoms with van der Waals surface area (Å²) < 4.78 is 13.0. The zero-order valence-electron chi connectivity index (χ0n) is 14.4. The van der Waals surface area contributed by atoms with Gasteiger partial charge in [0.25, 0.3) is 0 Å². The van der Waals surface area contributed by atoms with Crippen LogP contribution in [0.5, 0.6) is 0 Å². The maximum atomic E-state index is 10.9. The molecule has 4 rings (SSSR count). The average Bonchev–Trinajstić information content (AvgIpc) is 3.33. The van der Waals surface area contributed by atoms with Crippen molar-refractivity contribution in [1.82, 2.24) is 19.5 Å². The lowest BCUT2D eigenvalue weighted by Gasteiger charge is -2.15. The van der Waals surface area contributed by atoms with E-state index in [4.69, 9.17) is 9.47 Å². The molecule has 3 heterocycles. The molecule has 2 aliphatic rings. The summed E-state index contributed by atoms with van der Waals surface area (Å²) in [4.78, 5) is 24.2. The van der Waals surface area contributed by atoms with Gasteiger partial charge in [0.1, 0.15) is 19.2 Å². The molecular formula is C17H23N5O3. The zero-order chi connectivity index (χ0) is 17.2. The van der Waals surface area contributed by atoms with Crippen LogP contribution in [0.25, 0.3) is 11.2 Å². The molecule has 1 aliphatic heterocycles. The van der Waals surface area contributed by atoms with Crippen molar-refractivity contribution in [2.45, 2.75) is 63.8 Å². The number of nitrogens with one attached hydrogen (secondary N) is 1. The largest absolute Gasteiger partial charge is 0.463 e. The van der Waals surface area contributed by atoms with Crippen molar-refractivity contribution in [2.24, 2.45) is 0 Å². The Morgan fingerprint density at radius 3 is 2.92 bits per heavy atom. The normalized spacial score (nSPS) is 24.0. The highest BCUT2D eigenvalue weighted by Gasteiger charge is 2.29. The summed E-state index contributed by atoms with van der Waals surface area (Å²) in [6.45, 7) is 1.70. The third kappa shape index (κ3) is 3.44. The van der Waals surface area contributed by atoms with Crippen LogP contribution in [-0.4, -0.2) is 44.2 Å². The summed E-state index contributed by atoms with van der Waals surface area (Å²) in [6, 6.07) is 0.471. The highest BCUT2D eigenvalue weighted by atomic mass is 16.6. The first-order valence-electron chi connectivity index (χ1n) is 8.93. The van der Waals surface area contributed by atoms with E-state index in [9.17, 15) is 4.79 Å². The van der Waals surface area contributed by atoms with Gasteiger partial charge in [-0.25, -0.2) is 15.0 Å². The van der Waals surface area contributed by atoms with Crippen LogP contribution >= 0.6 is 0 Å². The summed E-state index contributed by atoms with van der Waals surface area (Å²) >= 11 is 0. The van der Waals surface area contributed by atoms with Gasteiger partial charge in [-0.3, -0.25) is 9.36 Å². The van der Waals surface area contributed by atoms with Crippen LogP contribution in [0.2, 0.25) is 0 Å². The van der Waals surface area contributed by atoms with Crippen LogP contribution in [0.4, 0.5) is 5.82 Å². The van der Waals surface area contributed by atoms with Gasteiger partial charge in [0.05, 0.1) is 12.4 Å². The van der Waals surface area contributed by atoms with E-state index in [2.05, 4.69) is 20.3 Å². The fourth-order valence-electron chi connectivity index (χ4n) is 3.66. The van der Waals surface area contributed by atoms with Crippen LogP contribution in [0, 0.1) is 0 Å². The van der Waals surface area contributed by atoms with E-state index in [0.29, 0.717) is 12.6 Å². The smallest absolute Gasteiger partial charge is 0.302 e. The lowest BCUT2D eigenvalue weighted by atomic mass is 10.2. The predicted molar refractivity (Wildman–Crippen MR) is 91.0 cm³/mol. The van der Waals surface area contributed by atoms with Gasteiger partial charge in [-0.15, -0.1) is 0 Å². The van der Waals surface area contributed by atoms with Gasteiger partial charge >= 0.3 is 5.97 Å². The Bertz CT molecular complexity index is 756. The predicted octanol–water partition coefficient (Wildman–Crippen LogP) is 2.42. The SMILES string of the molecule is CC(=O)OCC1CCC(n2cnc3c(NC4CCCC4)ncnc32)O1. The number of rotatable bonds is 5. The van der Waals surface area contributed by atoms with Crippen LogP contribution < -0.4 is 5.32 Å². The molecule has 1 saturated heterocycles. The molecule has 2 unspecified atom stereocenters. The van der Waals surface area contributed by atoms with Gasteiger partial charge in [0.15, 0.2) is 17.0 Å². The molecule has 2 aromatic heterocycles. The molecule has 8 nitrogen and oxygen atoms in total. The highest BCUT2D eigenvalue weighted by molar-refractivity contribution is 5.82. The minimum Gasteiger partial charge on any atom is -0.463 e. The van der Waals surface area contributed by atoms with E-state index in [0.717, 1.165) is 29.8 Å². The molecule has 0 bridgehead atoms. The summed E-state index contributed by atoms with van der Waals surface area (Å²) in [7, 11) is 0. The van der Waals surface area contributed by atoms with E-state index < -0.39 is 0 Å². The highest BCUT2D eigenvalue weighted by Crippen LogP contribution is 2.32. The van der Waals surface area contributed by atoms with Crippen molar-refractivity contribution in [1.29, 1.82) is 0 Å². The summed E-state index contributed by atoms with van der Waals surface area (Å²) in [5.74, 6) is 0.514. The number of carbonyl (C=O) groups excluding carboxylic acids is 1. The Kier molecular flexibility index (Phi) is 4.52. The number of carbonyl (C=O) groups is 1. The number of imidazole rings is 1. The summed E-state index contributed by atoms with van der Waals surface area (Å²) in [5.41, 5.74) is 1.55. The van der Waals surface area contributed by atoms with Crippen LogP contribution in [0.1, 0.15) is 51.7 Å². The quantitative estimate of drug-likeness (QED) is 0.832. The topological polar surface area (TPSA) is 91.2 Å². The molecule has 0 radical (unpaired) electrons. The Morgan fingerprint density at radius 2 is 2.12 bits per heavy atom. The maximum Gasteiger partial charge on any atom is 0.302 e. The molecular weight excluding hydrogens is 322 g/mol. The molecule has 2 atom stereocenters. The molecule has 2 aromatic rings. The molecule has 134 valence electrons. The molecule has 1 aliphatic carbocycles. The van der Waals surface area contributed by atoms with Gasteiger partial charge in [-0.05, 0) is 25.7 Å². The molecule has 0 spiro atoms. The third-order valence-electron chi connectivity index (χ3n) is 4.92. The number of ether oxygens (including phenoxy) is 2. The van der Waals surface area contributed by atoms with Crippen molar-refractivity contribution in [2.75, 3.05) is 11.9 Å². The minimum atomic E-state index is -0.282. The second kappa shape index (κ2) is 6.95. The number of fused-ring (bicyclic) bond motifs is 1. The summed E-state index contributed by atoms with van der Waals surface area (Å²) in [5, 5.41) is 3.50.